The molecule has 1 atom stereocenters. The second kappa shape index (κ2) is 6.79. The summed E-state index contributed by atoms with van der Waals surface area (Å²) in [6, 6.07) is 2.06. The molecule has 1 unspecified atom stereocenters. The third kappa shape index (κ3) is 4.12. The normalized spacial score (nSPS) is 19.5. The molecule has 4 heteroatoms. The highest BCUT2D eigenvalue weighted by Gasteiger charge is 2.18. The van der Waals surface area contributed by atoms with E-state index in [1.807, 2.05) is 0 Å². The van der Waals surface area contributed by atoms with Crippen LogP contribution in [0.15, 0.2) is 10.5 Å². The first kappa shape index (κ1) is 14.2. The third-order valence-electron chi connectivity index (χ3n) is 3.53. The zero-order chi connectivity index (χ0) is 12.3. The van der Waals surface area contributed by atoms with Crippen molar-refractivity contribution < 1.29 is 0 Å². The molecule has 2 rings (SSSR count). The lowest BCUT2D eigenvalue weighted by Crippen LogP contribution is -2.06. The van der Waals surface area contributed by atoms with E-state index in [4.69, 9.17) is 23.2 Å². The minimum atomic E-state index is 0.130. The largest absolute Gasteiger partial charge is 0.126 e. The van der Waals surface area contributed by atoms with Gasteiger partial charge in [-0.15, -0.1) is 22.9 Å². The van der Waals surface area contributed by atoms with E-state index in [1.54, 1.807) is 11.3 Å². The molecule has 1 heterocycles. The molecule has 0 N–H and O–H groups in total. The molecule has 0 nitrogen and oxygen atoms in total. The first-order chi connectivity index (χ1) is 8.16. The minimum Gasteiger partial charge on any atom is -0.126 e. The standard InChI is InChI=1S/C13H17BrCl2S/c14-10-8-12(17-13(10)16)11(15)7-6-9-4-2-1-3-5-9/h8-9,11H,1-7H2. The number of hydrogen-bond donors (Lipinski definition) is 0. The predicted molar refractivity (Wildman–Crippen MR) is 81.4 cm³/mol. The summed E-state index contributed by atoms with van der Waals surface area (Å²) >= 11 is 17.5. The third-order valence-corrected chi connectivity index (χ3v) is 6.70. The van der Waals surface area contributed by atoms with E-state index < -0.39 is 0 Å². The molecule has 1 fully saturated rings. The van der Waals surface area contributed by atoms with E-state index in [0.29, 0.717) is 0 Å². The minimum absolute atomic E-state index is 0.130. The van der Waals surface area contributed by atoms with Gasteiger partial charge >= 0.3 is 0 Å². The summed E-state index contributed by atoms with van der Waals surface area (Å²) in [5, 5.41) is 0.130. The maximum absolute atomic E-state index is 6.44. The van der Waals surface area contributed by atoms with Crippen LogP contribution in [0, 0.1) is 5.92 Å². The molecule has 96 valence electrons. The van der Waals surface area contributed by atoms with Crippen LogP contribution in [-0.2, 0) is 0 Å². The van der Waals surface area contributed by atoms with Gasteiger partial charge in [-0.2, -0.15) is 0 Å². The van der Waals surface area contributed by atoms with E-state index in [1.165, 1.54) is 43.4 Å². The van der Waals surface area contributed by atoms with Crippen LogP contribution < -0.4 is 0 Å². The Labute approximate surface area is 126 Å². The lowest BCUT2D eigenvalue weighted by Gasteiger charge is -2.22. The van der Waals surface area contributed by atoms with Gasteiger partial charge in [-0.25, -0.2) is 0 Å². The zero-order valence-electron chi connectivity index (χ0n) is 9.72. The van der Waals surface area contributed by atoms with Crippen LogP contribution in [0.1, 0.15) is 55.2 Å². The Morgan fingerprint density at radius 1 is 1.35 bits per heavy atom. The quantitative estimate of drug-likeness (QED) is 0.520. The summed E-state index contributed by atoms with van der Waals surface area (Å²) in [6.45, 7) is 0. The predicted octanol–water partition coefficient (Wildman–Crippen LogP) is 6.80. The van der Waals surface area contributed by atoms with Crippen molar-refractivity contribution in [3.8, 4) is 0 Å². The molecule has 0 spiro atoms. The Morgan fingerprint density at radius 3 is 2.65 bits per heavy atom. The molecule has 1 aromatic rings. The summed E-state index contributed by atoms with van der Waals surface area (Å²) < 4.78 is 1.78. The Balaban J connectivity index is 1.82. The van der Waals surface area contributed by atoms with Gasteiger partial charge < -0.3 is 0 Å². The average Bonchev–Trinajstić information content (AvgIpc) is 2.68. The molecule has 0 saturated heterocycles. The number of halogens is 3. The monoisotopic (exact) mass is 354 g/mol. The van der Waals surface area contributed by atoms with Crippen molar-refractivity contribution in [3.63, 3.8) is 0 Å². The lowest BCUT2D eigenvalue weighted by atomic mass is 9.86. The number of hydrogen-bond acceptors (Lipinski definition) is 1. The molecule has 1 aromatic heterocycles. The number of rotatable bonds is 4. The molecular formula is C13H17BrCl2S. The Morgan fingerprint density at radius 2 is 2.06 bits per heavy atom. The molecule has 0 bridgehead atoms. The highest BCUT2D eigenvalue weighted by molar-refractivity contribution is 9.10. The molecule has 0 aromatic carbocycles. The van der Waals surface area contributed by atoms with Crippen LogP contribution in [0.25, 0.3) is 0 Å². The van der Waals surface area contributed by atoms with Gasteiger partial charge in [0.1, 0.15) is 4.34 Å². The van der Waals surface area contributed by atoms with Crippen LogP contribution in [0.2, 0.25) is 4.34 Å². The maximum atomic E-state index is 6.44. The van der Waals surface area contributed by atoms with E-state index in [-0.39, 0.29) is 5.38 Å². The molecule has 17 heavy (non-hydrogen) atoms. The topological polar surface area (TPSA) is 0 Å². The van der Waals surface area contributed by atoms with Gasteiger partial charge in [0.25, 0.3) is 0 Å². The second-order valence-corrected chi connectivity index (χ2v) is 7.89. The molecule has 1 saturated carbocycles. The Bertz CT molecular complexity index is 339. The van der Waals surface area contributed by atoms with Crippen molar-refractivity contribution >= 4 is 50.5 Å². The van der Waals surface area contributed by atoms with Gasteiger partial charge in [0.2, 0.25) is 0 Å². The van der Waals surface area contributed by atoms with Crippen LogP contribution in [0.4, 0.5) is 0 Å². The lowest BCUT2D eigenvalue weighted by molar-refractivity contribution is 0.331. The Hall–Kier alpha value is 0.760. The van der Waals surface area contributed by atoms with Gasteiger partial charge in [0, 0.05) is 9.35 Å². The van der Waals surface area contributed by atoms with E-state index in [9.17, 15) is 0 Å². The maximum Gasteiger partial charge on any atom is 0.107 e. The van der Waals surface area contributed by atoms with Crippen LogP contribution in [-0.4, -0.2) is 0 Å². The van der Waals surface area contributed by atoms with Crippen molar-refractivity contribution in [3.05, 3.63) is 19.8 Å². The van der Waals surface area contributed by atoms with Gasteiger partial charge in [-0.05, 0) is 40.8 Å². The number of thiophene rings is 1. The van der Waals surface area contributed by atoms with E-state index >= 15 is 0 Å². The van der Waals surface area contributed by atoms with Gasteiger partial charge in [0.15, 0.2) is 0 Å². The Kier molecular flexibility index (Phi) is 5.66. The highest BCUT2D eigenvalue weighted by Crippen LogP contribution is 2.40. The summed E-state index contributed by atoms with van der Waals surface area (Å²) in [7, 11) is 0. The highest BCUT2D eigenvalue weighted by atomic mass is 79.9. The molecule has 1 aliphatic carbocycles. The fourth-order valence-electron chi connectivity index (χ4n) is 2.52. The number of alkyl halides is 1. The summed E-state index contributed by atoms with van der Waals surface area (Å²) in [6.07, 6.45) is 9.39. The molecule has 0 aliphatic heterocycles. The van der Waals surface area contributed by atoms with Crippen molar-refractivity contribution in [1.29, 1.82) is 0 Å². The molecule has 0 amide bonds. The van der Waals surface area contributed by atoms with E-state index in [2.05, 4.69) is 22.0 Å². The van der Waals surface area contributed by atoms with Crippen molar-refractivity contribution in [2.24, 2.45) is 5.92 Å². The fourth-order valence-corrected chi connectivity index (χ4v) is 4.59. The molecule has 0 radical (unpaired) electrons. The van der Waals surface area contributed by atoms with Crippen LogP contribution in [0.3, 0.4) is 0 Å². The van der Waals surface area contributed by atoms with Crippen molar-refractivity contribution in [2.75, 3.05) is 0 Å². The first-order valence-corrected chi connectivity index (χ1v) is 8.68. The SMILES string of the molecule is Clc1sc(C(Cl)CCC2CCCCC2)cc1Br. The van der Waals surface area contributed by atoms with Gasteiger partial charge in [-0.1, -0.05) is 43.7 Å². The summed E-state index contributed by atoms with van der Waals surface area (Å²) in [5.41, 5.74) is 0. The van der Waals surface area contributed by atoms with Crippen LogP contribution >= 0.6 is 50.5 Å². The fraction of sp³-hybridized carbons (Fsp3) is 0.692. The summed E-state index contributed by atoms with van der Waals surface area (Å²) in [5.74, 6) is 0.906. The average molecular weight is 356 g/mol. The molecule has 1 aliphatic rings. The smallest absolute Gasteiger partial charge is 0.107 e. The van der Waals surface area contributed by atoms with E-state index in [0.717, 1.165) is 21.1 Å². The summed E-state index contributed by atoms with van der Waals surface area (Å²) in [4.78, 5) is 1.19. The van der Waals surface area contributed by atoms with Gasteiger partial charge in [0.05, 0.1) is 5.38 Å². The van der Waals surface area contributed by atoms with Crippen molar-refractivity contribution in [1.82, 2.24) is 0 Å². The second-order valence-electron chi connectivity index (χ2n) is 4.82. The zero-order valence-corrected chi connectivity index (χ0v) is 13.6. The van der Waals surface area contributed by atoms with Crippen LogP contribution in [0.5, 0.6) is 0 Å². The molecular weight excluding hydrogens is 339 g/mol. The first-order valence-electron chi connectivity index (χ1n) is 6.25. The van der Waals surface area contributed by atoms with Gasteiger partial charge in [-0.3, -0.25) is 0 Å². The van der Waals surface area contributed by atoms with Crippen molar-refractivity contribution in [2.45, 2.75) is 50.3 Å².